The maximum atomic E-state index is 14.6. The van der Waals surface area contributed by atoms with Gasteiger partial charge in [-0.3, -0.25) is 19.2 Å². The number of rotatable bonds is 13. The Hall–Kier alpha value is -2.90. The average molecular weight is 642 g/mol. The van der Waals surface area contributed by atoms with E-state index in [0.717, 1.165) is 17.1 Å². The standard InChI is InChI=1S/C26H26Cl2F5N3O4S/c1-14(2)21(22(38)26(32,33)24(40)34-13-25(29,30)31)36-23(39)19(8-15-6-4-3-5-7-15)35-20(37)12-41-18-10-16(27)9-17(28)11-18/h3-7,9-11,14,19,21H,8,12-13H2,1-2H3,(H,34,40)(H,35,37)(H,36,39). The number of carbonyl (C=O) groups is 4. The summed E-state index contributed by atoms with van der Waals surface area (Å²) in [5.74, 6) is -12.2. The molecule has 0 fully saturated rings. The molecule has 0 saturated heterocycles. The molecule has 0 saturated carbocycles. The van der Waals surface area contributed by atoms with Crippen LogP contribution in [0, 0.1) is 5.92 Å². The number of nitrogens with one attached hydrogen (secondary N) is 3. The molecule has 7 nitrogen and oxygen atoms in total. The number of carbonyl (C=O) groups excluding carboxylic acids is 4. The van der Waals surface area contributed by atoms with Crippen LogP contribution in [0.2, 0.25) is 10.0 Å². The van der Waals surface area contributed by atoms with E-state index in [4.69, 9.17) is 23.2 Å². The van der Waals surface area contributed by atoms with Crippen LogP contribution in [0.4, 0.5) is 22.0 Å². The van der Waals surface area contributed by atoms with E-state index in [1.54, 1.807) is 42.5 Å². The number of Topliss-reactive ketones (excluding diaryl/α,β-unsaturated/α-hetero) is 1. The molecule has 2 aromatic rings. The van der Waals surface area contributed by atoms with Gasteiger partial charge in [0.05, 0.1) is 11.8 Å². The van der Waals surface area contributed by atoms with E-state index in [1.807, 2.05) is 0 Å². The number of thioether (sulfide) groups is 1. The van der Waals surface area contributed by atoms with Crippen LogP contribution in [0.5, 0.6) is 0 Å². The molecule has 2 aromatic carbocycles. The van der Waals surface area contributed by atoms with Crippen molar-refractivity contribution in [2.24, 2.45) is 5.92 Å². The van der Waals surface area contributed by atoms with E-state index in [9.17, 15) is 41.1 Å². The summed E-state index contributed by atoms with van der Waals surface area (Å²) in [5.41, 5.74) is 0.589. The molecule has 0 heterocycles. The molecule has 224 valence electrons. The Morgan fingerprint density at radius 1 is 0.902 bits per heavy atom. The van der Waals surface area contributed by atoms with Crippen molar-refractivity contribution in [3.05, 3.63) is 64.1 Å². The van der Waals surface area contributed by atoms with Crippen LogP contribution in [0.15, 0.2) is 53.4 Å². The topological polar surface area (TPSA) is 104 Å². The monoisotopic (exact) mass is 641 g/mol. The van der Waals surface area contributed by atoms with Crippen molar-refractivity contribution in [3.63, 3.8) is 0 Å². The first-order valence-electron chi connectivity index (χ1n) is 12.0. The molecular formula is C26H26Cl2F5N3O4S. The van der Waals surface area contributed by atoms with Gasteiger partial charge in [-0.25, -0.2) is 0 Å². The third-order valence-electron chi connectivity index (χ3n) is 5.43. The summed E-state index contributed by atoms with van der Waals surface area (Å²) in [6.07, 6.45) is -5.08. The van der Waals surface area contributed by atoms with Gasteiger partial charge < -0.3 is 16.0 Å². The van der Waals surface area contributed by atoms with Gasteiger partial charge in [-0.1, -0.05) is 67.4 Å². The van der Waals surface area contributed by atoms with E-state index < -0.39 is 60.1 Å². The Bertz CT molecular complexity index is 1230. The third kappa shape index (κ3) is 11.1. The SMILES string of the molecule is CC(C)C(NC(=O)C(Cc1ccccc1)NC(=O)CSc1cc(Cl)cc(Cl)c1)C(=O)C(F)(F)C(=O)NCC(F)(F)F. The van der Waals surface area contributed by atoms with Crippen molar-refractivity contribution >= 4 is 58.5 Å². The fraction of sp³-hybridized carbons (Fsp3) is 0.385. The summed E-state index contributed by atoms with van der Waals surface area (Å²) in [6, 6.07) is 9.71. The zero-order chi connectivity index (χ0) is 31.0. The first-order valence-corrected chi connectivity index (χ1v) is 13.7. The smallest absolute Gasteiger partial charge is 0.344 e. The second-order valence-electron chi connectivity index (χ2n) is 9.17. The number of halogens is 7. The van der Waals surface area contributed by atoms with E-state index in [-0.39, 0.29) is 12.2 Å². The maximum absolute atomic E-state index is 14.6. The number of benzene rings is 2. The molecule has 15 heteroatoms. The minimum Gasteiger partial charge on any atom is -0.344 e. The Balaban J connectivity index is 2.20. The summed E-state index contributed by atoms with van der Waals surface area (Å²) in [4.78, 5) is 50.9. The van der Waals surface area contributed by atoms with Gasteiger partial charge in [-0.2, -0.15) is 22.0 Å². The highest BCUT2D eigenvalue weighted by atomic mass is 35.5. The second kappa shape index (κ2) is 14.8. The number of amides is 3. The van der Waals surface area contributed by atoms with Crippen molar-refractivity contribution in [1.29, 1.82) is 0 Å². The molecule has 3 N–H and O–H groups in total. The Kier molecular flexibility index (Phi) is 12.4. The molecule has 2 atom stereocenters. The third-order valence-corrected chi connectivity index (χ3v) is 6.84. The summed E-state index contributed by atoms with van der Waals surface area (Å²) >= 11 is 13.0. The fourth-order valence-corrected chi connectivity index (χ4v) is 4.90. The largest absolute Gasteiger partial charge is 0.405 e. The summed E-state index contributed by atoms with van der Waals surface area (Å²) in [6.45, 7) is 0.520. The lowest BCUT2D eigenvalue weighted by Gasteiger charge is -2.27. The first-order chi connectivity index (χ1) is 19.0. The van der Waals surface area contributed by atoms with Crippen molar-refractivity contribution in [2.75, 3.05) is 12.3 Å². The molecule has 41 heavy (non-hydrogen) atoms. The van der Waals surface area contributed by atoms with Crippen LogP contribution in [0.25, 0.3) is 0 Å². The minimum absolute atomic E-state index is 0.0897. The lowest BCUT2D eigenvalue weighted by molar-refractivity contribution is -0.165. The molecular weight excluding hydrogens is 616 g/mol. The van der Waals surface area contributed by atoms with E-state index >= 15 is 0 Å². The van der Waals surface area contributed by atoms with Gasteiger partial charge in [-0.15, -0.1) is 11.8 Å². The van der Waals surface area contributed by atoms with Crippen LogP contribution in [-0.4, -0.2) is 60.0 Å². The van der Waals surface area contributed by atoms with Crippen LogP contribution < -0.4 is 16.0 Å². The molecule has 0 aliphatic heterocycles. The van der Waals surface area contributed by atoms with E-state index in [1.165, 1.54) is 19.9 Å². The summed E-state index contributed by atoms with van der Waals surface area (Å²) in [7, 11) is 0. The molecule has 0 aliphatic rings. The lowest BCUT2D eigenvalue weighted by Crippen LogP contribution is -2.59. The highest BCUT2D eigenvalue weighted by Gasteiger charge is 2.52. The van der Waals surface area contributed by atoms with Crippen molar-refractivity contribution in [2.45, 2.75) is 49.3 Å². The second-order valence-corrected chi connectivity index (χ2v) is 11.1. The maximum Gasteiger partial charge on any atom is 0.405 e. The van der Waals surface area contributed by atoms with Gasteiger partial charge in [-0.05, 0) is 29.7 Å². The molecule has 0 spiro atoms. The minimum atomic E-state index is -4.99. The normalized spacial score (nSPS) is 13.3. The predicted octanol–water partition coefficient (Wildman–Crippen LogP) is 4.84. The van der Waals surface area contributed by atoms with Crippen molar-refractivity contribution in [3.8, 4) is 0 Å². The first kappa shape index (κ1) is 34.3. The van der Waals surface area contributed by atoms with Gasteiger partial charge in [0, 0.05) is 21.4 Å². The Labute approximate surface area is 246 Å². The highest BCUT2D eigenvalue weighted by molar-refractivity contribution is 8.00. The van der Waals surface area contributed by atoms with Crippen LogP contribution in [0.1, 0.15) is 19.4 Å². The van der Waals surface area contributed by atoms with E-state index in [0.29, 0.717) is 20.5 Å². The van der Waals surface area contributed by atoms with Crippen LogP contribution in [-0.2, 0) is 25.6 Å². The fourth-order valence-electron chi connectivity index (χ4n) is 3.44. The van der Waals surface area contributed by atoms with Crippen LogP contribution in [0.3, 0.4) is 0 Å². The molecule has 0 bridgehead atoms. The quantitative estimate of drug-likeness (QED) is 0.165. The number of hydrogen-bond acceptors (Lipinski definition) is 5. The summed E-state index contributed by atoms with van der Waals surface area (Å²) in [5, 5.41) is 6.31. The zero-order valence-corrected chi connectivity index (χ0v) is 24.0. The zero-order valence-electron chi connectivity index (χ0n) is 21.7. The number of ketones is 1. The molecule has 3 amide bonds. The molecule has 0 radical (unpaired) electrons. The van der Waals surface area contributed by atoms with Crippen LogP contribution >= 0.6 is 35.0 Å². The Morgan fingerprint density at radius 3 is 2.02 bits per heavy atom. The van der Waals surface area contributed by atoms with Gasteiger partial charge in [0.1, 0.15) is 12.6 Å². The number of alkyl halides is 5. The van der Waals surface area contributed by atoms with Gasteiger partial charge >= 0.3 is 12.1 Å². The highest BCUT2D eigenvalue weighted by Crippen LogP contribution is 2.26. The van der Waals surface area contributed by atoms with Gasteiger partial charge in [0.15, 0.2) is 0 Å². The predicted molar refractivity (Wildman–Crippen MR) is 145 cm³/mol. The van der Waals surface area contributed by atoms with Crippen molar-refractivity contribution in [1.82, 2.24) is 16.0 Å². The molecule has 0 aliphatic carbocycles. The van der Waals surface area contributed by atoms with Crippen molar-refractivity contribution < 1.29 is 41.1 Å². The Morgan fingerprint density at radius 2 is 1.49 bits per heavy atom. The molecule has 2 unspecified atom stereocenters. The van der Waals surface area contributed by atoms with Gasteiger partial charge in [0.25, 0.3) is 5.91 Å². The molecule has 2 rings (SSSR count). The van der Waals surface area contributed by atoms with Gasteiger partial charge in [0.2, 0.25) is 17.6 Å². The molecule has 0 aromatic heterocycles. The lowest BCUT2D eigenvalue weighted by atomic mass is 9.94. The van der Waals surface area contributed by atoms with E-state index in [2.05, 4.69) is 10.6 Å². The average Bonchev–Trinajstić information content (AvgIpc) is 2.87. The summed E-state index contributed by atoms with van der Waals surface area (Å²) < 4.78 is 66.2. The number of hydrogen-bond donors (Lipinski definition) is 3.